The topological polar surface area (TPSA) is 121 Å². The van der Waals surface area contributed by atoms with Crippen LogP contribution in [0.2, 0.25) is 0 Å². The number of rotatable bonds is 8. The molecule has 11 nitrogen and oxygen atoms in total. The first-order valence-electron chi connectivity index (χ1n) is 14.4. The number of hydrogen-bond acceptors (Lipinski definition) is 11. The maximum Gasteiger partial charge on any atom is 0.296 e. The summed E-state index contributed by atoms with van der Waals surface area (Å²) in [7, 11) is 1.60. The van der Waals surface area contributed by atoms with Gasteiger partial charge in [0.25, 0.3) is 5.92 Å². The third-order valence-electron chi connectivity index (χ3n) is 8.09. The average molecular weight is 593 g/mol. The zero-order valence-electron chi connectivity index (χ0n) is 24.1. The highest BCUT2D eigenvalue weighted by atomic mass is 19.3. The van der Waals surface area contributed by atoms with Crippen molar-refractivity contribution >= 4 is 17.5 Å². The van der Waals surface area contributed by atoms with Crippen molar-refractivity contribution in [3.05, 3.63) is 47.7 Å². The SMILES string of the molecule is COc1nc(Nc2ncc(C)c(-c3ccc(OC4CCNCC4(F)F)c(C#N)c3)n2)ccc1N1CCN(C2COC2)CC1. The minimum absolute atomic E-state index is 0.123. The summed E-state index contributed by atoms with van der Waals surface area (Å²) in [6.45, 7) is 7.13. The lowest BCUT2D eigenvalue weighted by molar-refractivity contribution is -0.109. The number of aryl methyl sites for hydroxylation is 1. The predicted molar refractivity (Wildman–Crippen MR) is 156 cm³/mol. The van der Waals surface area contributed by atoms with Crippen LogP contribution in [0.15, 0.2) is 36.5 Å². The van der Waals surface area contributed by atoms with Crippen molar-refractivity contribution in [1.82, 2.24) is 25.2 Å². The van der Waals surface area contributed by atoms with E-state index < -0.39 is 18.6 Å². The summed E-state index contributed by atoms with van der Waals surface area (Å²) >= 11 is 0. The second kappa shape index (κ2) is 12.2. The van der Waals surface area contributed by atoms with Crippen LogP contribution in [-0.4, -0.2) is 97.5 Å². The molecular weight excluding hydrogens is 558 g/mol. The maximum absolute atomic E-state index is 14.3. The van der Waals surface area contributed by atoms with Gasteiger partial charge in [0.2, 0.25) is 11.8 Å². The lowest BCUT2D eigenvalue weighted by Gasteiger charge is -2.43. The molecule has 2 N–H and O–H groups in total. The van der Waals surface area contributed by atoms with Crippen molar-refractivity contribution in [3.8, 4) is 29.0 Å². The van der Waals surface area contributed by atoms with Crippen LogP contribution in [-0.2, 0) is 4.74 Å². The lowest BCUT2D eigenvalue weighted by Crippen LogP contribution is -2.56. The van der Waals surface area contributed by atoms with Gasteiger partial charge in [-0.25, -0.2) is 18.7 Å². The van der Waals surface area contributed by atoms with Crippen LogP contribution in [0.25, 0.3) is 11.3 Å². The number of benzene rings is 1. The number of methoxy groups -OCH3 is 1. The Morgan fingerprint density at radius 3 is 2.65 bits per heavy atom. The van der Waals surface area contributed by atoms with Crippen LogP contribution in [0, 0.1) is 18.3 Å². The molecule has 1 atom stereocenters. The third kappa shape index (κ3) is 6.17. The van der Waals surface area contributed by atoms with Crippen LogP contribution in [0.5, 0.6) is 11.6 Å². The van der Waals surface area contributed by atoms with Crippen molar-refractivity contribution in [2.24, 2.45) is 0 Å². The number of pyridine rings is 1. The Labute approximate surface area is 248 Å². The highest BCUT2D eigenvalue weighted by molar-refractivity contribution is 5.68. The molecule has 13 heteroatoms. The van der Waals surface area contributed by atoms with E-state index in [2.05, 4.69) is 41.5 Å². The van der Waals surface area contributed by atoms with Crippen molar-refractivity contribution in [1.29, 1.82) is 5.26 Å². The molecule has 1 aromatic carbocycles. The first-order valence-corrected chi connectivity index (χ1v) is 14.4. The van der Waals surface area contributed by atoms with E-state index in [1.165, 1.54) is 0 Å². The molecule has 0 radical (unpaired) electrons. The Bertz CT molecular complexity index is 1510. The standard InChI is InChI=1S/C30H34F2N8O3/c1-19-15-35-29(37-26-6-4-23(28(36-26)41-2)40-11-9-39(10-12-40)22-16-42-17-22)38-27(19)20-3-5-24(21(13-20)14-33)43-25-7-8-34-18-30(25,31)32/h3-6,13,15,22,25,34H,7-12,16-18H2,1-2H3,(H,35,36,37,38). The molecule has 0 saturated carbocycles. The van der Waals surface area contributed by atoms with Gasteiger partial charge in [0.15, 0.2) is 6.10 Å². The summed E-state index contributed by atoms with van der Waals surface area (Å²) in [6, 6.07) is 11.3. The molecule has 5 heterocycles. The average Bonchev–Trinajstić information content (AvgIpc) is 2.99. The molecule has 3 saturated heterocycles. The number of aromatic nitrogens is 3. The van der Waals surface area contributed by atoms with Gasteiger partial charge in [-0.15, -0.1) is 0 Å². The van der Waals surface area contributed by atoms with E-state index in [0.717, 1.165) is 50.6 Å². The molecule has 0 spiro atoms. The van der Waals surface area contributed by atoms with Crippen LogP contribution in [0.4, 0.5) is 26.2 Å². The zero-order valence-corrected chi connectivity index (χ0v) is 24.1. The summed E-state index contributed by atoms with van der Waals surface area (Å²) in [5.74, 6) is -1.57. The fourth-order valence-electron chi connectivity index (χ4n) is 5.54. The molecule has 43 heavy (non-hydrogen) atoms. The van der Waals surface area contributed by atoms with E-state index >= 15 is 0 Å². The van der Waals surface area contributed by atoms with Gasteiger partial charge in [-0.3, -0.25) is 4.90 Å². The summed E-state index contributed by atoms with van der Waals surface area (Å²) in [5, 5.41) is 15.6. The quantitative estimate of drug-likeness (QED) is 0.401. The number of ether oxygens (including phenoxy) is 3. The van der Waals surface area contributed by atoms with Gasteiger partial charge in [-0.1, -0.05) is 0 Å². The van der Waals surface area contributed by atoms with Crippen molar-refractivity contribution in [2.45, 2.75) is 31.4 Å². The summed E-state index contributed by atoms with van der Waals surface area (Å²) in [6.07, 6.45) is 0.521. The number of hydrogen-bond donors (Lipinski definition) is 2. The number of piperidine rings is 1. The molecule has 3 aliphatic heterocycles. The van der Waals surface area contributed by atoms with Gasteiger partial charge in [-0.05, 0) is 49.4 Å². The van der Waals surface area contributed by atoms with E-state index in [-0.39, 0.29) is 17.7 Å². The Morgan fingerprint density at radius 2 is 1.95 bits per heavy atom. The second-order valence-electron chi connectivity index (χ2n) is 10.9. The highest BCUT2D eigenvalue weighted by Gasteiger charge is 2.43. The number of nitrogens with zero attached hydrogens (tertiary/aromatic N) is 6. The molecular formula is C30H34F2N8O3. The number of piperazine rings is 1. The van der Waals surface area contributed by atoms with Gasteiger partial charge in [-0.2, -0.15) is 10.2 Å². The van der Waals surface area contributed by atoms with Crippen molar-refractivity contribution in [3.63, 3.8) is 0 Å². The second-order valence-corrected chi connectivity index (χ2v) is 10.9. The molecule has 226 valence electrons. The molecule has 1 unspecified atom stereocenters. The Morgan fingerprint density at radius 1 is 1.14 bits per heavy atom. The van der Waals surface area contributed by atoms with Crippen LogP contribution < -0.4 is 25.0 Å². The number of nitriles is 1. The van der Waals surface area contributed by atoms with Crippen LogP contribution in [0.1, 0.15) is 17.5 Å². The minimum Gasteiger partial charge on any atom is -0.483 e. The maximum atomic E-state index is 14.3. The normalized spacial score (nSPS) is 20.6. The highest BCUT2D eigenvalue weighted by Crippen LogP contribution is 2.33. The van der Waals surface area contributed by atoms with Crippen molar-refractivity contribution < 1.29 is 23.0 Å². The molecule has 3 fully saturated rings. The summed E-state index contributed by atoms with van der Waals surface area (Å²) in [5.41, 5.74) is 3.09. The van der Waals surface area contributed by atoms with Gasteiger partial charge < -0.3 is 29.7 Å². The fourth-order valence-corrected chi connectivity index (χ4v) is 5.54. The summed E-state index contributed by atoms with van der Waals surface area (Å²) in [4.78, 5) is 18.5. The fraction of sp³-hybridized carbons (Fsp3) is 0.467. The minimum atomic E-state index is -3.03. The van der Waals surface area contributed by atoms with E-state index in [1.807, 2.05) is 19.1 Å². The van der Waals surface area contributed by atoms with Gasteiger partial charge in [0.05, 0.1) is 44.2 Å². The number of nitrogens with one attached hydrogen (secondary N) is 2. The Balaban J connectivity index is 1.17. The Kier molecular flexibility index (Phi) is 8.25. The van der Waals surface area contributed by atoms with E-state index in [9.17, 15) is 14.0 Å². The molecule has 6 rings (SSSR count). The smallest absolute Gasteiger partial charge is 0.296 e. The Hall–Kier alpha value is -4.12. The lowest BCUT2D eigenvalue weighted by atomic mass is 10.0. The van der Waals surface area contributed by atoms with E-state index in [4.69, 9.17) is 14.2 Å². The van der Waals surface area contributed by atoms with Crippen LogP contribution in [0.3, 0.4) is 0 Å². The first kappa shape index (κ1) is 29.0. The number of alkyl halides is 2. The number of halogens is 2. The predicted octanol–water partition coefficient (Wildman–Crippen LogP) is 3.37. The molecule has 0 bridgehead atoms. The van der Waals surface area contributed by atoms with Gasteiger partial charge in [0, 0.05) is 44.4 Å². The third-order valence-corrected chi connectivity index (χ3v) is 8.09. The first-order chi connectivity index (χ1) is 20.8. The molecule has 3 aliphatic rings. The van der Waals surface area contributed by atoms with Gasteiger partial charge in [0.1, 0.15) is 23.3 Å². The van der Waals surface area contributed by atoms with Gasteiger partial charge >= 0.3 is 0 Å². The molecule has 0 aliphatic carbocycles. The molecule has 3 aromatic rings. The van der Waals surface area contributed by atoms with Crippen molar-refractivity contribution in [2.75, 3.05) is 69.8 Å². The van der Waals surface area contributed by atoms with E-state index in [1.54, 1.807) is 31.5 Å². The summed E-state index contributed by atoms with van der Waals surface area (Å²) < 4.78 is 45.2. The monoisotopic (exact) mass is 592 g/mol. The van der Waals surface area contributed by atoms with E-state index in [0.29, 0.717) is 41.5 Å². The molecule has 2 aromatic heterocycles. The molecule has 0 amide bonds. The van der Waals surface area contributed by atoms with Crippen LogP contribution >= 0.6 is 0 Å². The number of anilines is 3. The zero-order chi connectivity index (χ0) is 30.0. The largest absolute Gasteiger partial charge is 0.483 e.